The number of anilines is 1. The van der Waals surface area contributed by atoms with E-state index in [-0.39, 0.29) is 41.7 Å². The predicted molar refractivity (Wildman–Crippen MR) is 141 cm³/mol. The third-order valence-electron chi connectivity index (χ3n) is 6.63. The third-order valence-corrected chi connectivity index (χ3v) is 6.94. The van der Waals surface area contributed by atoms with Crippen molar-refractivity contribution in [2.24, 2.45) is 0 Å². The van der Waals surface area contributed by atoms with Crippen LogP contribution in [0.2, 0.25) is 5.02 Å². The zero-order valence-electron chi connectivity index (χ0n) is 21.2. The lowest BCUT2D eigenvalue weighted by molar-refractivity contribution is -0.130. The SMILES string of the molecule is C=CC(=O)N1CC(NC(=O)c2c(C)nc(CNC(=N)c3cc(C(C)(C)C)c(Cl)cc3N)n2C2CC2)C1. The molecule has 0 spiro atoms. The van der Waals surface area contributed by atoms with Gasteiger partial charge in [0.2, 0.25) is 5.91 Å². The average molecular weight is 512 g/mol. The summed E-state index contributed by atoms with van der Waals surface area (Å²) in [4.78, 5) is 31.2. The number of carbonyl (C=O) groups excluding carboxylic acids is 2. The van der Waals surface area contributed by atoms with E-state index in [0.29, 0.717) is 46.6 Å². The van der Waals surface area contributed by atoms with E-state index < -0.39 is 0 Å². The fourth-order valence-corrected chi connectivity index (χ4v) is 4.96. The van der Waals surface area contributed by atoms with Gasteiger partial charge >= 0.3 is 0 Å². The number of carbonyl (C=O) groups is 2. The summed E-state index contributed by atoms with van der Waals surface area (Å²) in [6.07, 6.45) is 3.23. The Morgan fingerprint density at radius 2 is 1.97 bits per heavy atom. The van der Waals surface area contributed by atoms with E-state index in [1.165, 1.54) is 6.08 Å². The van der Waals surface area contributed by atoms with Gasteiger partial charge in [-0.2, -0.15) is 0 Å². The van der Waals surface area contributed by atoms with Gasteiger partial charge in [-0.3, -0.25) is 15.0 Å². The molecule has 10 heteroatoms. The highest BCUT2D eigenvalue weighted by molar-refractivity contribution is 6.32. The number of imidazole rings is 1. The number of aromatic nitrogens is 2. The molecule has 1 aliphatic heterocycles. The largest absolute Gasteiger partial charge is 0.398 e. The number of rotatable bonds is 7. The number of nitrogens with zero attached hydrogens (tertiary/aromatic N) is 3. The van der Waals surface area contributed by atoms with Crippen LogP contribution < -0.4 is 16.4 Å². The lowest BCUT2D eigenvalue weighted by Crippen LogP contribution is -2.60. The Morgan fingerprint density at radius 1 is 1.31 bits per heavy atom. The summed E-state index contributed by atoms with van der Waals surface area (Å²) < 4.78 is 1.99. The summed E-state index contributed by atoms with van der Waals surface area (Å²) >= 11 is 6.41. The molecule has 1 aliphatic carbocycles. The van der Waals surface area contributed by atoms with E-state index in [1.54, 1.807) is 11.0 Å². The summed E-state index contributed by atoms with van der Waals surface area (Å²) in [6, 6.07) is 3.67. The van der Waals surface area contributed by atoms with Crippen molar-refractivity contribution >= 4 is 34.9 Å². The molecule has 2 fully saturated rings. The summed E-state index contributed by atoms with van der Waals surface area (Å²) in [5.74, 6) is 0.544. The van der Waals surface area contributed by atoms with Crippen LogP contribution in [0.1, 0.15) is 72.8 Å². The summed E-state index contributed by atoms with van der Waals surface area (Å²) in [5.41, 5.74) is 9.09. The van der Waals surface area contributed by atoms with Crippen molar-refractivity contribution in [1.29, 1.82) is 5.41 Å². The van der Waals surface area contributed by atoms with E-state index in [4.69, 9.17) is 22.7 Å². The molecule has 0 radical (unpaired) electrons. The topological polar surface area (TPSA) is 129 Å². The molecule has 1 saturated carbocycles. The Kier molecular flexibility index (Phi) is 6.88. The molecule has 5 N–H and O–H groups in total. The number of amides is 2. The number of nitrogens with one attached hydrogen (secondary N) is 3. The van der Waals surface area contributed by atoms with E-state index in [2.05, 4.69) is 43.0 Å². The van der Waals surface area contributed by atoms with Crippen LogP contribution in [-0.2, 0) is 16.8 Å². The van der Waals surface area contributed by atoms with E-state index >= 15 is 0 Å². The number of nitrogen functional groups attached to an aromatic ring is 1. The maximum atomic E-state index is 13.2. The first kappa shape index (κ1) is 25.8. The summed E-state index contributed by atoms with van der Waals surface area (Å²) in [5, 5.41) is 15.4. The van der Waals surface area contributed by atoms with Crippen molar-refractivity contribution in [3.05, 3.63) is 58.1 Å². The molecule has 1 saturated heterocycles. The van der Waals surface area contributed by atoms with Crippen molar-refractivity contribution in [3.8, 4) is 0 Å². The van der Waals surface area contributed by atoms with Crippen LogP contribution in [-0.4, -0.2) is 51.2 Å². The highest BCUT2D eigenvalue weighted by Crippen LogP contribution is 2.38. The smallest absolute Gasteiger partial charge is 0.270 e. The van der Waals surface area contributed by atoms with Gasteiger partial charge in [0.25, 0.3) is 5.91 Å². The molecule has 192 valence electrons. The predicted octanol–water partition coefficient (Wildman–Crippen LogP) is 3.30. The second kappa shape index (κ2) is 9.61. The highest BCUT2D eigenvalue weighted by atomic mass is 35.5. The lowest BCUT2D eigenvalue weighted by atomic mass is 9.85. The Bertz CT molecular complexity index is 1230. The molecular formula is C26H34ClN7O2. The minimum Gasteiger partial charge on any atom is -0.398 e. The first-order valence-electron chi connectivity index (χ1n) is 12.1. The number of benzene rings is 1. The van der Waals surface area contributed by atoms with Crippen molar-refractivity contribution in [1.82, 2.24) is 25.1 Å². The minimum atomic E-state index is -0.197. The molecule has 2 amide bonds. The highest BCUT2D eigenvalue weighted by Gasteiger charge is 2.35. The Hall–Kier alpha value is -3.33. The van der Waals surface area contributed by atoms with Gasteiger partial charge in [0.15, 0.2) is 0 Å². The van der Waals surface area contributed by atoms with Crippen molar-refractivity contribution in [2.45, 2.75) is 64.6 Å². The quantitative estimate of drug-likeness (QED) is 0.196. The standard InChI is InChI=1S/C26H34ClN7O2/c1-6-22(35)33-12-15(13-33)32-25(36)23-14(2)31-21(34(23)16-7-8-16)11-30-24(29)17-9-18(26(3,4)5)19(27)10-20(17)28/h6,9-10,15-16H,1,7-8,11-13,28H2,2-5H3,(H2,29,30)(H,32,36). The molecule has 9 nitrogen and oxygen atoms in total. The van der Waals surface area contributed by atoms with Gasteiger partial charge < -0.3 is 25.8 Å². The molecule has 2 aliphatic rings. The van der Waals surface area contributed by atoms with Gasteiger partial charge in [0.05, 0.1) is 18.3 Å². The Morgan fingerprint density at radius 3 is 2.56 bits per heavy atom. The Balaban J connectivity index is 1.49. The fraction of sp³-hybridized carbons (Fsp3) is 0.462. The van der Waals surface area contributed by atoms with Gasteiger partial charge in [0, 0.05) is 35.4 Å². The number of amidine groups is 1. The first-order chi connectivity index (χ1) is 16.9. The normalized spacial score (nSPS) is 15.9. The van der Waals surface area contributed by atoms with E-state index in [1.807, 2.05) is 17.6 Å². The lowest BCUT2D eigenvalue weighted by Gasteiger charge is -2.38. The second-order valence-corrected chi connectivity index (χ2v) is 11.0. The van der Waals surface area contributed by atoms with Gasteiger partial charge in [0.1, 0.15) is 17.4 Å². The van der Waals surface area contributed by atoms with Crippen molar-refractivity contribution in [3.63, 3.8) is 0 Å². The van der Waals surface area contributed by atoms with Gasteiger partial charge in [-0.05, 0) is 49.0 Å². The van der Waals surface area contributed by atoms with Gasteiger partial charge in [-0.1, -0.05) is 39.0 Å². The van der Waals surface area contributed by atoms with Gasteiger partial charge in [-0.25, -0.2) is 4.98 Å². The maximum Gasteiger partial charge on any atom is 0.270 e. The molecular weight excluding hydrogens is 478 g/mol. The van der Waals surface area contributed by atoms with E-state index in [0.717, 1.165) is 18.4 Å². The van der Waals surface area contributed by atoms with Crippen LogP contribution in [0, 0.1) is 12.3 Å². The maximum absolute atomic E-state index is 13.2. The number of likely N-dealkylation sites (tertiary alicyclic amines) is 1. The fourth-order valence-electron chi connectivity index (χ4n) is 4.50. The summed E-state index contributed by atoms with van der Waals surface area (Å²) in [7, 11) is 0. The number of aryl methyl sites for hydroxylation is 1. The van der Waals surface area contributed by atoms with Crippen LogP contribution in [0.15, 0.2) is 24.8 Å². The average Bonchev–Trinajstić information content (AvgIpc) is 3.55. The molecule has 36 heavy (non-hydrogen) atoms. The van der Waals surface area contributed by atoms with Crippen LogP contribution in [0.5, 0.6) is 0 Å². The number of nitrogens with two attached hydrogens (primary N) is 1. The molecule has 0 bridgehead atoms. The summed E-state index contributed by atoms with van der Waals surface area (Å²) in [6.45, 7) is 12.7. The van der Waals surface area contributed by atoms with E-state index in [9.17, 15) is 9.59 Å². The number of hydrogen-bond acceptors (Lipinski definition) is 5. The molecule has 2 heterocycles. The monoisotopic (exact) mass is 511 g/mol. The molecule has 4 rings (SSSR count). The van der Waals surface area contributed by atoms with Crippen molar-refractivity contribution in [2.75, 3.05) is 18.8 Å². The third kappa shape index (κ3) is 5.11. The molecule has 1 aromatic heterocycles. The first-order valence-corrected chi connectivity index (χ1v) is 12.5. The Labute approximate surface area is 216 Å². The van der Waals surface area contributed by atoms with Crippen LogP contribution in [0.25, 0.3) is 0 Å². The number of halogens is 1. The van der Waals surface area contributed by atoms with Crippen LogP contribution in [0.4, 0.5) is 5.69 Å². The van der Waals surface area contributed by atoms with Crippen molar-refractivity contribution < 1.29 is 9.59 Å². The van der Waals surface area contributed by atoms with Crippen LogP contribution >= 0.6 is 11.6 Å². The molecule has 0 unspecified atom stereocenters. The van der Waals surface area contributed by atoms with Gasteiger partial charge in [-0.15, -0.1) is 0 Å². The molecule has 0 atom stereocenters. The van der Waals surface area contributed by atoms with Crippen LogP contribution in [0.3, 0.4) is 0 Å². The minimum absolute atomic E-state index is 0.0944. The zero-order chi connectivity index (χ0) is 26.4. The number of hydrogen-bond donors (Lipinski definition) is 4. The zero-order valence-corrected chi connectivity index (χ0v) is 22.0. The molecule has 2 aromatic rings. The second-order valence-electron chi connectivity index (χ2n) is 10.6. The molecule has 1 aromatic carbocycles.